The zero-order valence-corrected chi connectivity index (χ0v) is 16.7. The Labute approximate surface area is 173 Å². The molecule has 9 heteroatoms. The Morgan fingerprint density at radius 2 is 1.67 bits per heavy atom. The minimum atomic E-state index is -0.928. The minimum Gasteiger partial charge on any atom is -0.486 e. The van der Waals surface area contributed by atoms with Crippen molar-refractivity contribution in [3.63, 3.8) is 0 Å². The first-order chi connectivity index (χ1) is 14.4. The molecular weight excluding hydrogens is 388 g/mol. The van der Waals surface area contributed by atoms with Crippen LogP contribution < -0.4 is 25.5 Å². The van der Waals surface area contributed by atoms with Crippen molar-refractivity contribution in [2.24, 2.45) is 5.10 Å². The molecular formula is C21H22N4O5. The number of anilines is 2. The molecule has 0 saturated carbocycles. The van der Waals surface area contributed by atoms with Gasteiger partial charge in [-0.05, 0) is 43.7 Å². The summed E-state index contributed by atoms with van der Waals surface area (Å²) in [5, 5.41) is 9.01. The molecule has 30 heavy (non-hydrogen) atoms. The quantitative estimate of drug-likeness (QED) is 0.397. The summed E-state index contributed by atoms with van der Waals surface area (Å²) >= 11 is 0. The lowest BCUT2D eigenvalue weighted by Crippen LogP contribution is -2.33. The Morgan fingerprint density at radius 3 is 2.43 bits per heavy atom. The van der Waals surface area contributed by atoms with Gasteiger partial charge in [-0.2, -0.15) is 5.10 Å². The van der Waals surface area contributed by atoms with Crippen LogP contribution >= 0.6 is 0 Å². The van der Waals surface area contributed by atoms with Crippen molar-refractivity contribution in [3.05, 3.63) is 48.0 Å². The summed E-state index contributed by atoms with van der Waals surface area (Å²) in [7, 11) is 0. The van der Waals surface area contributed by atoms with Gasteiger partial charge in [-0.25, -0.2) is 5.43 Å². The van der Waals surface area contributed by atoms with Crippen molar-refractivity contribution in [1.82, 2.24) is 5.43 Å². The number of aryl methyl sites for hydroxylation is 1. The van der Waals surface area contributed by atoms with Gasteiger partial charge in [0.25, 0.3) is 0 Å². The lowest BCUT2D eigenvalue weighted by atomic mass is 10.2. The van der Waals surface area contributed by atoms with Crippen LogP contribution in [0.3, 0.4) is 0 Å². The zero-order chi connectivity index (χ0) is 21.5. The van der Waals surface area contributed by atoms with Crippen molar-refractivity contribution < 1.29 is 23.9 Å². The van der Waals surface area contributed by atoms with Gasteiger partial charge in [0.15, 0.2) is 11.5 Å². The van der Waals surface area contributed by atoms with Crippen molar-refractivity contribution >= 4 is 34.8 Å². The monoisotopic (exact) mass is 410 g/mol. The minimum absolute atomic E-state index is 0.0613. The van der Waals surface area contributed by atoms with E-state index in [9.17, 15) is 14.4 Å². The van der Waals surface area contributed by atoms with E-state index in [1.54, 1.807) is 43.3 Å². The van der Waals surface area contributed by atoms with Crippen LogP contribution in [-0.4, -0.2) is 36.6 Å². The van der Waals surface area contributed by atoms with Gasteiger partial charge < -0.3 is 20.1 Å². The molecule has 1 aliphatic heterocycles. The molecule has 0 spiro atoms. The lowest BCUT2D eigenvalue weighted by Gasteiger charge is -2.19. The van der Waals surface area contributed by atoms with E-state index in [1.807, 2.05) is 13.0 Å². The van der Waals surface area contributed by atoms with Crippen LogP contribution in [0.5, 0.6) is 11.5 Å². The number of hydrogen-bond acceptors (Lipinski definition) is 6. The molecule has 3 N–H and O–H groups in total. The third kappa shape index (κ3) is 5.81. The van der Waals surface area contributed by atoms with Crippen LogP contribution in [0, 0.1) is 6.92 Å². The zero-order valence-electron chi connectivity index (χ0n) is 16.7. The van der Waals surface area contributed by atoms with Crippen LogP contribution in [0.1, 0.15) is 18.9 Å². The van der Waals surface area contributed by atoms with E-state index in [0.717, 1.165) is 5.56 Å². The number of benzene rings is 2. The highest BCUT2D eigenvalue weighted by molar-refractivity contribution is 6.39. The smallest absolute Gasteiger partial charge is 0.329 e. The summed E-state index contributed by atoms with van der Waals surface area (Å²) in [6, 6.07) is 12.2. The molecule has 0 aromatic heterocycles. The van der Waals surface area contributed by atoms with E-state index in [4.69, 9.17) is 9.47 Å². The van der Waals surface area contributed by atoms with E-state index < -0.39 is 11.8 Å². The Hall–Kier alpha value is -3.88. The van der Waals surface area contributed by atoms with Crippen LogP contribution in [-0.2, 0) is 14.4 Å². The summed E-state index contributed by atoms with van der Waals surface area (Å²) < 4.78 is 10.9. The third-order valence-corrected chi connectivity index (χ3v) is 4.07. The number of hydrazone groups is 1. The van der Waals surface area contributed by atoms with E-state index in [-0.39, 0.29) is 12.3 Å². The van der Waals surface area contributed by atoms with Crippen LogP contribution in [0.15, 0.2) is 47.6 Å². The van der Waals surface area contributed by atoms with Crippen molar-refractivity contribution in [2.75, 3.05) is 23.8 Å². The maximum absolute atomic E-state index is 12.2. The van der Waals surface area contributed by atoms with Crippen LogP contribution in [0.4, 0.5) is 11.4 Å². The van der Waals surface area contributed by atoms with E-state index >= 15 is 0 Å². The fourth-order valence-corrected chi connectivity index (χ4v) is 2.71. The maximum Gasteiger partial charge on any atom is 0.329 e. The normalized spacial score (nSPS) is 12.7. The largest absolute Gasteiger partial charge is 0.486 e. The molecule has 1 heterocycles. The highest BCUT2D eigenvalue weighted by atomic mass is 16.6. The molecule has 0 fully saturated rings. The van der Waals surface area contributed by atoms with E-state index in [2.05, 4.69) is 21.2 Å². The molecule has 0 radical (unpaired) electrons. The molecule has 9 nitrogen and oxygen atoms in total. The maximum atomic E-state index is 12.2. The van der Waals surface area contributed by atoms with Crippen molar-refractivity contribution in [1.29, 1.82) is 0 Å². The fourth-order valence-electron chi connectivity index (χ4n) is 2.71. The topological polar surface area (TPSA) is 118 Å². The molecule has 1 aliphatic rings. The highest BCUT2D eigenvalue weighted by Crippen LogP contribution is 2.32. The number of carbonyl (C=O) groups is 3. The second-order valence-electron chi connectivity index (χ2n) is 6.69. The first kappa shape index (κ1) is 20.8. The molecule has 0 unspecified atom stereocenters. The molecule has 0 atom stereocenters. The number of hydrogen-bond donors (Lipinski definition) is 3. The Balaban J connectivity index is 1.48. The number of ether oxygens (including phenoxy) is 2. The number of rotatable bonds is 5. The second-order valence-corrected chi connectivity index (χ2v) is 6.69. The van der Waals surface area contributed by atoms with Crippen molar-refractivity contribution in [3.8, 4) is 11.5 Å². The molecule has 0 saturated heterocycles. The summed E-state index contributed by atoms with van der Waals surface area (Å²) in [5.74, 6) is -0.910. The third-order valence-electron chi connectivity index (χ3n) is 4.07. The van der Waals surface area contributed by atoms with Gasteiger partial charge >= 0.3 is 11.8 Å². The molecule has 0 aliphatic carbocycles. The fraction of sp³-hybridized carbons (Fsp3) is 0.238. The Kier molecular flexibility index (Phi) is 6.63. The first-order valence-electron chi connectivity index (χ1n) is 9.31. The summed E-state index contributed by atoms with van der Waals surface area (Å²) in [6.45, 7) is 4.39. The average Bonchev–Trinajstić information content (AvgIpc) is 2.71. The first-order valence-corrected chi connectivity index (χ1v) is 9.31. The van der Waals surface area contributed by atoms with Gasteiger partial charge in [-0.3, -0.25) is 14.4 Å². The Bertz CT molecular complexity index is 1000. The number of nitrogens with one attached hydrogen (secondary N) is 3. The van der Waals surface area contributed by atoms with E-state index in [1.165, 1.54) is 0 Å². The molecule has 3 rings (SSSR count). The molecule has 2 aromatic carbocycles. The molecule has 2 aromatic rings. The predicted octanol–water partition coefficient (Wildman–Crippen LogP) is 2.23. The van der Waals surface area contributed by atoms with Gasteiger partial charge in [-0.1, -0.05) is 12.1 Å². The highest BCUT2D eigenvalue weighted by Gasteiger charge is 2.15. The molecule has 3 amide bonds. The summed E-state index contributed by atoms with van der Waals surface area (Å²) in [4.78, 5) is 36.0. The second kappa shape index (κ2) is 9.55. The van der Waals surface area contributed by atoms with E-state index in [0.29, 0.717) is 41.8 Å². The summed E-state index contributed by atoms with van der Waals surface area (Å²) in [6.07, 6.45) is -0.0613. The van der Waals surface area contributed by atoms with Crippen LogP contribution in [0.2, 0.25) is 0 Å². The lowest BCUT2D eigenvalue weighted by molar-refractivity contribution is -0.136. The predicted molar refractivity (Wildman–Crippen MR) is 112 cm³/mol. The molecule has 0 bridgehead atoms. The number of amides is 3. The van der Waals surface area contributed by atoms with Gasteiger partial charge in [0.2, 0.25) is 5.91 Å². The number of carbonyl (C=O) groups excluding carboxylic acids is 3. The van der Waals surface area contributed by atoms with Gasteiger partial charge in [0.1, 0.15) is 13.2 Å². The van der Waals surface area contributed by atoms with Crippen LogP contribution in [0.25, 0.3) is 0 Å². The van der Waals surface area contributed by atoms with Crippen molar-refractivity contribution in [2.45, 2.75) is 20.3 Å². The molecule has 156 valence electrons. The van der Waals surface area contributed by atoms with Gasteiger partial charge in [-0.15, -0.1) is 0 Å². The summed E-state index contributed by atoms with van der Waals surface area (Å²) in [5.41, 5.74) is 4.50. The standard InChI is InChI=1S/C21H22N4O5/c1-13-4-3-5-15(10-13)23-20(27)21(28)25-24-14(2)11-19(26)22-16-6-7-17-18(12-16)30-9-8-29-17/h3-7,10,12H,8-9,11H2,1-2H3,(H,22,26)(H,23,27)(H,25,28)/b24-14+. The SMILES string of the molecule is C/C(CC(=O)Nc1ccc2c(c1)OCCO2)=N\NC(=O)C(=O)Nc1cccc(C)c1. The number of nitrogens with zero attached hydrogens (tertiary/aromatic N) is 1. The Morgan fingerprint density at radius 1 is 0.933 bits per heavy atom. The van der Waals surface area contributed by atoms with Gasteiger partial charge in [0.05, 0.1) is 6.42 Å². The van der Waals surface area contributed by atoms with Gasteiger partial charge in [0, 0.05) is 23.2 Å². The average molecular weight is 410 g/mol. The number of fused-ring (bicyclic) bond motifs is 1.